The van der Waals surface area contributed by atoms with E-state index in [2.05, 4.69) is 10.6 Å². The molecule has 4 nitrogen and oxygen atoms in total. The molecule has 82 valence electrons. The standard InChI is InChI=1S/C10H13N3O.ClH/c11-10(14)13-9-2-1-8-6-12-4-3-7(8)5-9;/h1-2,5,12H,3-4,6H2,(H3,11,13,14);1H. The summed E-state index contributed by atoms with van der Waals surface area (Å²) in [5.74, 6) is 0. The van der Waals surface area contributed by atoms with E-state index < -0.39 is 6.03 Å². The maximum atomic E-state index is 10.6. The van der Waals surface area contributed by atoms with Crippen LogP contribution in [-0.2, 0) is 13.0 Å². The first-order valence-electron chi connectivity index (χ1n) is 4.65. The predicted molar refractivity (Wildman–Crippen MR) is 62.3 cm³/mol. The van der Waals surface area contributed by atoms with Crippen molar-refractivity contribution >= 4 is 24.1 Å². The number of carbonyl (C=O) groups is 1. The summed E-state index contributed by atoms with van der Waals surface area (Å²) in [4.78, 5) is 10.6. The lowest BCUT2D eigenvalue weighted by Gasteiger charge is -2.17. The molecule has 2 rings (SSSR count). The van der Waals surface area contributed by atoms with Gasteiger partial charge in [-0.25, -0.2) is 4.79 Å². The molecule has 1 aromatic carbocycles. The molecule has 0 saturated carbocycles. The van der Waals surface area contributed by atoms with Crippen LogP contribution in [0.15, 0.2) is 18.2 Å². The van der Waals surface area contributed by atoms with Gasteiger partial charge in [-0.05, 0) is 36.2 Å². The molecule has 0 unspecified atom stereocenters. The summed E-state index contributed by atoms with van der Waals surface area (Å²) in [6.45, 7) is 1.90. The fourth-order valence-electron chi connectivity index (χ4n) is 1.70. The minimum absolute atomic E-state index is 0. The second-order valence-electron chi connectivity index (χ2n) is 3.40. The topological polar surface area (TPSA) is 67.2 Å². The number of carbonyl (C=O) groups excluding carboxylic acids is 1. The van der Waals surface area contributed by atoms with Gasteiger partial charge in [0.05, 0.1) is 0 Å². The van der Waals surface area contributed by atoms with E-state index >= 15 is 0 Å². The molecule has 1 aromatic rings. The van der Waals surface area contributed by atoms with E-state index in [0.717, 1.165) is 25.2 Å². The number of anilines is 1. The SMILES string of the molecule is Cl.NC(=O)Nc1ccc2c(c1)CCNC2. The van der Waals surface area contributed by atoms with Gasteiger partial charge in [0.2, 0.25) is 0 Å². The summed E-state index contributed by atoms with van der Waals surface area (Å²) >= 11 is 0. The summed E-state index contributed by atoms with van der Waals surface area (Å²) in [5.41, 5.74) is 8.40. The van der Waals surface area contributed by atoms with Crippen LogP contribution in [0, 0.1) is 0 Å². The van der Waals surface area contributed by atoms with E-state index in [0.29, 0.717) is 0 Å². The van der Waals surface area contributed by atoms with E-state index in [1.165, 1.54) is 11.1 Å². The Morgan fingerprint density at radius 3 is 2.93 bits per heavy atom. The fourth-order valence-corrected chi connectivity index (χ4v) is 1.70. The molecule has 0 fully saturated rings. The average molecular weight is 228 g/mol. The summed E-state index contributed by atoms with van der Waals surface area (Å²) < 4.78 is 0. The van der Waals surface area contributed by atoms with E-state index in [-0.39, 0.29) is 12.4 Å². The molecule has 5 heteroatoms. The minimum Gasteiger partial charge on any atom is -0.351 e. The van der Waals surface area contributed by atoms with Crippen LogP contribution in [0.2, 0.25) is 0 Å². The van der Waals surface area contributed by atoms with E-state index in [1.54, 1.807) is 0 Å². The highest BCUT2D eigenvalue weighted by Gasteiger charge is 2.08. The van der Waals surface area contributed by atoms with Crippen molar-refractivity contribution in [2.24, 2.45) is 5.73 Å². The number of primary amides is 1. The van der Waals surface area contributed by atoms with Gasteiger partial charge >= 0.3 is 6.03 Å². The van der Waals surface area contributed by atoms with E-state index in [4.69, 9.17) is 5.73 Å². The van der Waals surface area contributed by atoms with Crippen LogP contribution in [0.1, 0.15) is 11.1 Å². The highest BCUT2D eigenvalue weighted by atomic mass is 35.5. The van der Waals surface area contributed by atoms with Crippen molar-refractivity contribution in [1.29, 1.82) is 0 Å². The van der Waals surface area contributed by atoms with Gasteiger partial charge in [0.15, 0.2) is 0 Å². The van der Waals surface area contributed by atoms with Crippen LogP contribution in [-0.4, -0.2) is 12.6 Å². The Morgan fingerprint density at radius 2 is 2.20 bits per heavy atom. The Kier molecular flexibility index (Phi) is 3.94. The first-order chi connectivity index (χ1) is 6.75. The monoisotopic (exact) mass is 227 g/mol. The van der Waals surface area contributed by atoms with Crippen LogP contribution in [0.3, 0.4) is 0 Å². The van der Waals surface area contributed by atoms with Crippen molar-refractivity contribution < 1.29 is 4.79 Å². The number of urea groups is 1. The molecule has 4 N–H and O–H groups in total. The smallest absolute Gasteiger partial charge is 0.316 e. The molecular weight excluding hydrogens is 214 g/mol. The Morgan fingerprint density at radius 1 is 1.40 bits per heavy atom. The first kappa shape index (κ1) is 11.8. The van der Waals surface area contributed by atoms with Crippen molar-refractivity contribution in [3.8, 4) is 0 Å². The van der Waals surface area contributed by atoms with Crippen LogP contribution in [0.4, 0.5) is 10.5 Å². The van der Waals surface area contributed by atoms with Gasteiger partial charge in [0.25, 0.3) is 0 Å². The summed E-state index contributed by atoms with van der Waals surface area (Å²) in [7, 11) is 0. The molecule has 0 bridgehead atoms. The molecule has 0 spiro atoms. The Labute approximate surface area is 94.6 Å². The Balaban J connectivity index is 0.00000112. The lowest BCUT2D eigenvalue weighted by atomic mass is 10.0. The highest BCUT2D eigenvalue weighted by molar-refractivity contribution is 5.87. The van der Waals surface area contributed by atoms with Gasteiger partial charge in [-0.15, -0.1) is 12.4 Å². The van der Waals surface area contributed by atoms with Crippen molar-refractivity contribution in [3.05, 3.63) is 29.3 Å². The Bertz CT molecular complexity index is 368. The molecule has 0 atom stereocenters. The zero-order valence-electron chi connectivity index (χ0n) is 8.25. The normalized spacial score (nSPS) is 13.6. The van der Waals surface area contributed by atoms with Crippen molar-refractivity contribution in [2.45, 2.75) is 13.0 Å². The van der Waals surface area contributed by atoms with Crippen molar-refractivity contribution in [3.63, 3.8) is 0 Å². The quantitative estimate of drug-likeness (QED) is 0.676. The number of nitrogens with one attached hydrogen (secondary N) is 2. The third-order valence-corrected chi connectivity index (χ3v) is 2.36. The minimum atomic E-state index is -0.515. The average Bonchev–Trinajstić information content (AvgIpc) is 2.17. The zero-order valence-corrected chi connectivity index (χ0v) is 9.06. The maximum Gasteiger partial charge on any atom is 0.316 e. The lowest BCUT2D eigenvalue weighted by molar-refractivity contribution is 0.259. The molecule has 2 amide bonds. The number of hydrogen-bond donors (Lipinski definition) is 3. The van der Waals surface area contributed by atoms with Gasteiger partial charge in [0, 0.05) is 12.2 Å². The zero-order chi connectivity index (χ0) is 9.97. The molecular formula is C10H14ClN3O. The van der Waals surface area contributed by atoms with Gasteiger partial charge in [-0.2, -0.15) is 0 Å². The molecule has 0 aliphatic carbocycles. The van der Waals surface area contributed by atoms with Crippen molar-refractivity contribution in [1.82, 2.24) is 5.32 Å². The first-order valence-corrected chi connectivity index (χ1v) is 4.65. The molecule has 0 saturated heterocycles. The van der Waals surface area contributed by atoms with E-state index in [9.17, 15) is 4.79 Å². The third kappa shape index (κ3) is 2.84. The fraction of sp³-hybridized carbons (Fsp3) is 0.300. The van der Waals surface area contributed by atoms with Crippen LogP contribution in [0.25, 0.3) is 0 Å². The Hall–Kier alpha value is -1.26. The van der Waals surface area contributed by atoms with E-state index in [1.807, 2.05) is 18.2 Å². The number of fused-ring (bicyclic) bond motifs is 1. The molecule has 1 aliphatic heterocycles. The molecule has 1 aliphatic rings. The van der Waals surface area contributed by atoms with Crippen molar-refractivity contribution in [2.75, 3.05) is 11.9 Å². The summed E-state index contributed by atoms with van der Waals surface area (Å²) in [6.07, 6.45) is 1.00. The second kappa shape index (κ2) is 5.00. The van der Waals surface area contributed by atoms with Gasteiger partial charge in [-0.1, -0.05) is 6.07 Å². The number of amides is 2. The van der Waals surface area contributed by atoms with Crippen LogP contribution >= 0.6 is 12.4 Å². The number of benzene rings is 1. The van der Waals surface area contributed by atoms with Crippen LogP contribution in [0.5, 0.6) is 0 Å². The molecule has 0 radical (unpaired) electrons. The van der Waals surface area contributed by atoms with Gasteiger partial charge < -0.3 is 16.4 Å². The number of hydrogen-bond acceptors (Lipinski definition) is 2. The number of nitrogens with two attached hydrogens (primary N) is 1. The molecule has 1 heterocycles. The lowest BCUT2D eigenvalue weighted by Crippen LogP contribution is -2.24. The highest BCUT2D eigenvalue weighted by Crippen LogP contribution is 2.18. The summed E-state index contributed by atoms with van der Waals surface area (Å²) in [6, 6.07) is 5.36. The molecule has 0 aromatic heterocycles. The number of rotatable bonds is 1. The van der Waals surface area contributed by atoms with Gasteiger partial charge in [0.1, 0.15) is 0 Å². The second-order valence-corrected chi connectivity index (χ2v) is 3.40. The third-order valence-electron chi connectivity index (χ3n) is 2.36. The van der Waals surface area contributed by atoms with Gasteiger partial charge in [-0.3, -0.25) is 0 Å². The maximum absolute atomic E-state index is 10.6. The van der Waals surface area contributed by atoms with Crippen LogP contribution < -0.4 is 16.4 Å². The number of halogens is 1. The molecule has 15 heavy (non-hydrogen) atoms. The summed E-state index contributed by atoms with van der Waals surface area (Å²) in [5, 5.41) is 5.86. The largest absolute Gasteiger partial charge is 0.351 e. The predicted octanol–water partition coefficient (Wildman–Crippen LogP) is 1.24.